The molecule has 0 atom stereocenters. The average Bonchev–Trinajstić information content (AvgIpc) is 2.76. The molecule has 2 rings (SSSR count). The van der Waals surface area contributed by atoms with Crippen molar-refractivity contribution in [2.75, 3.05) is 0 Å². The zero-order valence-electron chi connectivity index (χ0n) is 7.94. The van der Waals surface area contributed by atoms with Crippen LogP contribution in [0.4, 0.5) is 0 Å². The average molecular weight is 283 g/mol. The van der Waals surface area contributed by atoms with Gasteiger partial charge in [-0.05, 0) is 22.0 Å². The summed E-state index contributed by atoms with van der Waals surface area (Å²) >= 11 is 4.96. The first-order valence-corrected chi connectivity index (χ1v) is 5.89. The molecule has 0 saturated heterocycles. The Morgan fingerprint density at radius 2 is 2.47 bits per heavy atom. The Bertz CT molecular complexity index is 522. The van der Waals surface area contributed by atoms with Crippen molar-refractivity contribution in [1.82, 2.24) is 14.8 Å². The zero-order chi connectivity index (χ0) is 10.8. The molecule has 4 nitrogen and oxygen atoms in total. The maximum absolute atomic E-state index is 8.71. The third-order valence-electron chi connectivity index (χ3n) is 2.02. The van der Waals surface area contributed by atoms with Crippen molar-refractivity contribution in [2.45, 2.75) is 6.42 Å². The van der Waals surface area contributed by atoms with Crippen LogP contribution >= 0.6 is 27.3 Å². The predicted octanol–water partition coefficient (Wildman–Crippen LogP) is 2.10. The van der Waals surface area contributed by atoms with Crippen molar-refractivity contribution < 1.29 is 0 Å². The summed E-state index contributed by atoms with van der Waals surface area (Å²) in [6.07, 6.45) is 0.746. The first-order valence-electron chi connectivity index (χ1n) is 4.21. The van der Waals surface area contributed by atoms with Gasteiger partial charge in [-0.25, -0.2) is 4.98 Å². The van der Waals surface area contributed by atoms with Crippen LogP contribution < -0.4 is 0 Å². The van der Waals surface area contributed by atoms with Crippen LogP contribution in [0.5, 0.6) is 0 Å². The normalized spacial score (nSPS) is 10.2. The van der Waals surface area contributed by atoms with Gasteiger partial charge in [0.05, 0.1) is 5.51 Å². The van der Waals surface area contributed by atoms with Gasteiger partial charge in [0.1, 0.15) is 10.7 Å². The van der Waals surface area contributed by atoms with E-state index in [1.165, 1.54) is 0 Å². The van der Waals surface area contributed by atoms with Gasteiger partial charge in [-0.1, -0.05) is 0 Å². The van der Waals surface area contributed by atoms with Crippen LogP contribution in [-0.4, -0.2) is 14.8 Å². The number of hydrogen-bond donors (Lipinski definition) is 0. The van der Waals surface area contributed by atoms with E-state index in [1.807, 2.05) is 13.1 Å². The van der Waals surface area contributed by atoms with Crippen LogP contribution in [0.2, 0.25) is 0 Å². The Kier molecular flexibility index (Phi) is 2.84. The highest BCUT2D eigenvalue weighted by molar-refractivity contribution is 9.10. The number of thiazole rings is 1. The molecule has 0 aliphatic rings. The molecule has 2 aromatic heterocycles. The lowest BCUT2D eigenvalue weighted by Crippen LogP contribution is -1.98. The fraction of sp³-hybridized carbons (Fsp3) is 0.222. The van der Waals surface area contributed by atoms with Crippen LogP contribution in [-0.2, 0) is 13.5 Å². The molecule has 76 valence electrons. The van der Waals surface area contributed by atoms with Crippen molar-refractivity contribution in [2.24, 2.45) is 7.05 Å². The van der Waals surface area contributed by atoms with Crippen LogP contribution in [0.25, 0.3) is 0 Å². The SMILES string of the molecule is Cn1nc(C#N)cc1Cc1scnc1Br. The first kappa shape index (κ1) is 10.3. The Balaban J connectivity index is 2.29. The van der Waals surface area contributed by atoms with E-state index < -0.39 is 0 Å². The van der Waals surface area contributed by atoms with Crippen LogP contribution in [0, 0.1) is 11.3 Å². The summed E-state index contributed by atoms with van der Waals surface area (Å²) in [6.45, 7) is 0. The van der Waals surface area contributed by atoms with Crippen LogP contribution in [0.1, 0.15) is 16.3 Å². The van der Waals surface area contributed by atoms with Crippen molar-refractivity contribution in [3.8, 4) is 6.07 Å². The fourth-order valence-corrected chi connectivity index (χ4v) is 2.59. The fourth-order valence-electron chi connectivity index (χ4n) is 1.26. The molecular formula is C9H7BrN4S. The van der Waals surface area contributed by atoms with Gasteiger partial charge in [-0.2, -0.15) is 10.4 Å². The zero-order valence-corrected chi connectivity index (χ0v) is 10.3. The molecule has 0 aliphatic carbocycles. The number of aromatic nitrogens is 3. The molecule has 0 aromatic carbocycles. The molecule has 0 bridgehead atoms. The second-order valence-electron chi connectivity index (χ2n) is 3.00. The van der Waals surface area contributed by atoms with Crippen LogP contribution in [0.3, 0.4) is 0 Å². The lowest BCUT2D eigenvalue weighted by atomic mass is 10.2. The molecule has 15 heavy (non-hydrogen) atoms. The Hall–Kier alpha value is -1.19. The molecule has 0 fully saturated rings. The van der Waals surface area contributed by atoms with E-state index in [0.717, 1.165) is 21.6 Å². The molecule has 0 spiro atoms. The summed E-state index contributed by atoms with van der Waals surface area (Å²) in [5.41, 5.74) is 3.26. The number of nitrogens with zero attached hydrogens (tertiary/aromatic N) is 4. The number of hydrogen-bond acceptors (Lipinski definition) is 4. The number of aryl methyl sites for hydroxylation is 1. The van der Waals surface area contributed by atoms with E-state index in [0.29, 0.717) is 5.69 Å². The van der Waals surface area contributed by atoms with E-state index in [9.17, 15) is 0 Å². The van der Waals surface area contributed by atoms with E-state index >= 15 is 0 Å². The molecular weight excluding hydrogens is 276 g/mol. The second kappa shape index (κ2) is 4.13. The summed E-state index contributed by atoms with van der Waals surface area (Å²) in [6, 6.07) is 3.82. The molecule has 0 radical (unpaired) electrons. The molecule has 0 amide bonds. The van der Waals surface area contributed by atoms with Crippen molar-refractivity contribution in [3.05, 3.63) is 32.4 Å². The van der Waals surface area contributed by atoms with E-state index in [4.69, 9.17) is 5.26 Å². The molecule has 2 aromatic rings. The minimum Gasteiger partial charge on any atom is -0.271 e. The molecule has 6 heteroatoms. The highest BCUT2D eigenvalue weighted by Crippen LogP contribution is 2.22. The van der Waals surface area contributed by atoms with E-state index in [-0.39, 0.29) is 0 Å². The molecule has 0 unspecified atom stereocenters. The summed E-state index contributed by atoms with van der Waals surface area (Å²) < 4.78 is 2.59. The third-order valence-corrected chi connectivity index (χ3v) is 3.80. The lowest BCUT2D eigenvalue weighted by Gasteiger charge is -1.98. The lowest BCUT2D eigenvalue weighted by molar-refractivity contribution is 0.722. The van der Waals surface area contributed by atoms with Crippen molar-refractivity contribution >= 4 is 27.3 Å². The minimum absolute atomic E-state index is 0.452. The standard InChI is InChI=1S/C9H7BrN4S/c1-14-7(2-6(4-11)13-14)3-8-9(10)12-5-15-8/h2,5H,3H2,1H3. The summed E-state index contributed by atoms with van der Waals surface area (Å²) in [4.78, 5) is 5.25. The third kappa shape index (κ3) is 2.08. The largest absolute Gasteiger partial charge is 0.271 e. The van der Waals surface area contributed by atoms with Gasteiger partial charge in [0.2, 0.25) is 0 Å². The van der Waals surface area contributed by atoms with Gasteiger partial charge < -0.3 is 0 Å². The highest BCUT2D eigenvalue weighted by atomic mass is 79.9. The van der Waals surface area contributed by atoms with Gasteiger partial charge in [-0.3, -0.25) is 4.68 Å². The summed E-state index contributed by atoms with van der Waals surface area (Å²) in [5.74, 6) is 0. The topological polar surface area (TPSA) is 54.5 Å². The highest BCUT2D eigenvalue weighted by Gasteiger charge is 2.09. The molecule has 0 aliphatic heterocycles. The van der Waals surface area contributed by atoms with Crippen molar-refractivity contribution in [3.63, 3.8) is 0 Å². The maximum atomic E-state index is 8.71. The van der Waals surface area contributed by atoms with Gasteiger partial charge >= 0.3 is 0 Å². The monoisotopic (exact) mass is 282 g/mol. The first-order chi connectivity index (χ1) is 7.20. The van der Waals surface area contributed by atoms with Crippen molar-refractivity contribution in [1.29, 1.82) is 5.26 Å². The van der Waals surface area contributed by atoms with Gasteiger partial charge in [0.15, 0.2) is 5.69 Å². The quantitative estimate of drug-likeness (QED) is 0.848. The molecule has 0 saturated carbocycles. The molecule has 2 heterocycles. The second-order valence-corrected chi connectivity index (χ2v) is 4.69. The van der Waals surface area contributed by atoms with E-state index in [1.54, 1.807) is 27.6 Å². The maximum Gasteiger partial charge on any atom is 0.162 e. The number of nitriles is 1. The van der Waals surface area contributed by atoms with Gasteiger partial charge in [-0.15, -0.1) is 11.3 Å². The van der Waals surface area contributed by atoms with E-state index in [2.05, 4.69) is 26.0 Å². The smallest absolute Gasteiger partial charge is 0.162 e. The Labute approximate surface area is 99.3 Å². The van der Waals surface area contributed by atoms with Crippen LogP contribution in [0.15, 0.2) is 16.2 Å². The number of rotatable bonds is 2. The Morgan fingerprint density at radius 1 is 1.67 bits per heavy atom. The summed E-state index contributed by atoms with van der Waals surface area (Å²) in [7, 11) is 1.84. The minimum atomic E-state index is 0.452. The predicted molar refractivity (Wildman–Crippen MR) is 60.5 cm³/mol. The summed E-state index contributed by atoms with van der Waals surface area (Å²) in [5, 5.41) is 12.8. The molecule has 0 N–H and O–H groups in total. The van der Waals surface area contributed by atoms with Gasteiger partial charge in [0.25, 0.3) is 0 Å². The van der Waals surface area contributed by atoms with Gasteiger partial charge in [0, 0.05) is 24.0 Å². The Morgan fingerprint density at radius 3 is 3.00 bits per heavy atom. The number of halogens is 1.